The van der Waals surface area contributed by atoms with E-state index in [-0.39, 0.29) is 17.4 Å². The number of carbonyl (C=O) groups is 1. The van der Waals surface area contributed by atoms with Gasteiger partial charge in [0.05, 0.1) is 5.54 Å². The summed E-state index contributed by atoms with van der Waals surface area (Å²) in [5.41, 5.74) is 0.710. The normalized spacial score (nSPS) is 21.9. The van der Waals surface area contributed by atoms with Crippen LogP contribution in [0.2, 0.25) is 0 Å². The van der Waals surface area contributed by atoms with Crippen LogP contribution in [0.25, 0.3) is 0 Å². The number of carbonyl (C=O) groups excluding carboxylic acids is 1. The van der Waals surface area contributed by atoms with Gasteiger partial charge in [0, 0.05) is 5.69 Å². The Bertz CT molecular complexity index is 408. The Hall–Kier alpha value is -1.71. The second-order valence-corrected chi connectivity index (χ2v) is 4.13. The summed E-state index contributed by atoms with van der Waals surface area (Å²) in [5.74, 6) is 0.205. The molecule has 1 aliphatic heterocycles. The highest BCUT2D eigenvalue weighted by atomic mass is 16.6. The lowest BCUT2D eigenvalue weighted by molar-refractivity contribution is 0.178. The SMILES string of the molecule is O=C1OCC2(CC2)N1c1ccc(O)cc1. The average Bonchev–Trinajstić information content (AvgIpc) is 2.92. The van der Waals surface area contributed by atoms with Crippen LogP contribution < -0.4 is 4.90 Å². The molecular formula is C11H11NO3. The van der Waals surface area contributed by atoms with E-state index < -0.39 is 0 Å². The van der Waals surface area contributed by atoms with Crippen LogP contribution in [0.3, 0.4) is 0 Å². The Morgan fingerprint density at radius 2 is 1.93 bits per heavy atom. The van der Waals surface area contributed by atoms with E-state index in [2.05, 4.69) is 0 Å². The van der Waals surface area contributed by atoms with E-state index in [4.69, 9.17) is 4.74 Å². The minimum Gasteiger partial charge on any atom is -0.508 e. The van der Waals surface area contributed by atoms with Crippen molar-refractivity contribution in [2.45, 2.75) is 18.4 Å². The number of ether oxygens (including phenoxy) is 1. The molecule has 15 heavy (non-hydrogen) atoms. The maximum atomic E-state index is 11.6. The standard InChI is InChI=1S/C11H11NO3/c13-9-3-1-8(2-4-9)12-10(14)15-7-11(12)5-6-11/h1-4,13H,5-7H2. The van der Waals surface area contributed by atoms with Crippen molar-refractivity contribution in [1.82, 2.24) is 0 Å². The van der Waals surface area contributed by atoms with E-state index in [9.17, 15) is 9.90 Å². The van der Waals surface area contributed by atoms with E-state index >= 15 is 0 Å². The largest absolute Gasteiger partial charge is 0.508 e. The van der Waals surface area contributed by atoms with Crippen molar-refractivity contribution in [3.05, 3.63) is 24.3 Å². The van der Waals surface area contributed by atoms with E-state index in [1.165, 1.54) is 0 Å². The lowest BCUT2D eigenvalue weighted by Crippen LogP contribution is -2.35. The third-order valence-electron chi connectivity index (χ3n) is 3.06. The van der Waals surface area contributed by atoms with Crippen molar-refractivity contribution in [1.29, 1.82) is 0 Å². The van der Waals surface area contributed by atoms with E-state index in [1.54, 1.807) is 29.2 Å². The summed E-state index contributed by atoms with van der Waals surface area (Å²) in [6.45, 7) is 0.493. The summed E-state index contributed by atoms with van der Waals surface area (Å²) >= 11 is 0. The number of amides is 1. The molecule has 1 spiro atoms. The predicted molar refractivity (Wildman–Crippen MR) is 53.9 cm³/mol. The van der Waals surface area contributed by atoms with Gasteiger partial charge in [0.1, 0.15) is 12.4 Å². The molecule has 1 amide bonds. The van der Waals surface area contributed by atoms with Crippen molar-refractivity contribution in [3.63, 3.8) is 0 Å². The molecule has 4 heteroatoms. The quantitative estimate of drug-likeness (QED) is 0.761. The lowest BCUT2D eigenvalue weighted by Gasteiger charge is -2.20. The molecule has 2 aliphatic rings. The third kappa shape index (κ3) is 1.17. The number of phenols is 1. The Balaban J connectivity index is 1.98. The lowest BCUT2D eigenvalue weighted by atomic mass is 10.2. The predicted octanol–water partition coefficient (Wildman–Crippen LogP) is 1.88. The zero-order valence-corrected chi connectivity index (χ0v) is 8.14. The molecule has 0 radical (unpaired) electrons. The molecule has 1 N–H and O–H groups in total. The molecule has 1 aromatic rings. The van der Waals surface area contributed by atoms with Crippen LogP contribution in [0, 0.1) is 0 Å². The number of hydrogen-bond donors (Lipinski definition) is 1. The van der Waals surface area contributed by atoms with Gasteiger partial charge in [-0.1, -0.05) is 0 Å². The smallest absolute Gasteiger partial charge is 0.415 e. The summed E-state index contributed by atoms with van der Waals surface area (Å²) in [4.78, 5) is 13.3. The number of hydrogen-bond acceptors (Lipinski definition) is 3. The number of nitrogens with zero attached hydrogens (tertiary/aromatic N) is 1. The summed E-state index contributed by atoms with van der Waals surface area (Å²) < 4.78 is 5.05. The number of cyclic esters (lactones) is 1. The maximum Gasteiger partial charge on any atom is 0.415 e. The summed E-state index contributed by atoms with van der Waals surface area (Å²) in [7, 11) is 0. The van der Waals surface area contributed by atoms with E-state index in [1.807, 2.05) is 0 Å². The highest BCUT2D eigenvalue weighted by Crippen LogP contribution is 2.48. The Labute approximate surface area is 87.1 Å². The molecule has 1 saturated carbocycles. The van der Waals surface area contributed by atoms with Crippen molar-refractivity contribution >= 4 is 11.8 Å². The minimum absolute atomic E-state index is 0.0892. The fourth-order valence-electron chi connectivity index (χ4n) is 2.01. The number of phenolic OH excluding ortho intramolecular Hbond substituents is 1. The van der Waals surface area contributed by atoms with Gasteiger partial charge in [-0.15, -0.1) is 0 Å². The van der Waals surface area contributed by atoms with Crippen molar-refractivity contribution in [2.75, 3.05) is 11.5 Å². The van der Waals surface area contributed by atoms with Crippen LogP contribution in [-0.4, -0.2) is 23.3 Å². The molecule has 3 rings (SSSR count). The zero-order valence-electron chi connectivity index (χ0n) is 8.14. The van der Waals surface area contributed by atoms with Gasteiger partial charge in [-0.3, -0.25) is 4.90 Å². The van der Waals surface area contributed by atoms with Crippen LogP contribution in [0.1, 0.15) is 12.8 Å². The van der Waals surface area contributed by atoms with Crippen LogP contribution in [0.5, 0.6) is 5.75 Å². The van der Waals surface area contributed by atoms with Gasteiger partial charge in [0.2, 0.25) is 0 Å². The van der Waals surface area contributed by atoms with Gasteiger partial charge < -0.3 is 9.84 Å². The Morgan fingerprint density at radius 1 is 1.27 bits per heavy atom. The topological polar surface area (TPSA) is 49.8 Å². The first-order valence-corrected chi connectivity index (χ1v) is 4.97. The molecular weight excluding hydrogens is 194 g/mol. The van der Waals surface area contributed by atoms with Crippen LogP contribution in [-0.2, 0) is 4.74 Å². The number of benzene rings is 1. The minimum atomic E-state index is -0.279. The zero-order chi connectivity index (χ0) is 10.5. The third-order valence-corrected chi connectivity index (χ3v) is 3.06. The molecule has 0 aromatic heterocycles. The first kappa shape index (κ1) is 8.59. The van der Waals surface area contributed by atoms with Gasteiger partial charge in [-0.25, -0.2) is 4.79 Å². The number of rotatable bonds is 1. The average molecular weight is 205 g/mol. The Morgan fingerprint density at radius 3 is 2.53 bits per heavy atom. The van der Waals surface area contributed by atoms with Crippen LogP contribution >= 0.6 is 0 Å². The molecule has 0 unspecified atom stereocenters. The first-order chi connectivity index (χ1) is 7.21. The maximum absolute atomic E-state index is 11.6. The van der Waals surface area contributed by atoms with Crippen LogP contribution in [0.15, 0.2) is 24.3 Å². The summed E-state index contributed by atoms with van der Waals surface area (Å²) in [5, 5.41) is 9.18. The fraction of sp³-hybridized carbons (Fsp3) is 0.364. The summed E-state index contributed by atoms with van der Waals surface area (Å²) in [6.07, 6.45) is 1.72. The van der Waals surface area contributed by atoms with Gasteiger partial charge in [0.25, 0.3) is 0 Å². The molecule has 1 saturated heterocycles. The van der Waals surface area contributed by atoms with E-state index in [0.717, 1.165) is 18.5 Å². The molecule has 1 aliphatic carbocycles. The van der Waals surface area contributed by atoms with Crippen molar-refractivity contribution < 1.29 is 14.6 Å². The van der Waals surface area contributed by atoms with Crippen molar-refractivity contribution in [2.24, 2.45) is 0 Å². The molecule has 4 nitrogen and oxygen atoms in total. The number of aromatic hydroxyl groups is 1. The van der Waals surface area contributed by atoms with E-state index in [0.29, 0.717) is 6.61 Å². The van der Waals surface area contributed by atoms with Gasteiger partial charge in [-0.05, 0) is 37.1 Å². The molecule has 0 bridgehead atoms. The highest BCUT2D eigenvalue weighted by molar-refractivity contribution is 5.92. The Kier molecular flexibility index (Phi) is 1.52. The molecule has 2 fully saturated rings. The highest BCUT2D eigenvalue weighted by Gasteiger charge is 2.57. The summed E-state index contributed by atoms with van der Waals surface area (Å²) in [6, 6.07) is 6.64. The second-order valence-electron chi connectivity index (χ2n) is 4.13. The van der Waals surface area contributed by atoms with Crippen LogP contribution in [0.4, 0.5) is 10.5 Å². The fourth-order valence-corrected chi connectivity index (χ4v) is 2.01. The molecule has 0 atom stereocenters. The molecule has 78 valence electrons. The monoisotopic (exact) mass is 205 g/mol. The van der Waals surface area contributed by atoms with Gasteiger partial charge >= 0.3 is 6.09 Å². The second kappa shape index (κ2) is 2.66. The van der Waals surface area contributed by atoms with Gasteiger partial charge in [0.15, 0.2) is 0 Å². The van der Waals surface area contributed by atoms with Gasteiger partial charge in [-0.2, -0.15) is 0 Å². The first-order valence-electron chi connectivity index (χ1n) is 4.97. The van der Waals surface area contributed by atoms with Crippen molar-refractivity contribution in [3.8, 4) is 5.75 Å². The number of anilines is 1. The molecule has 1 heterocycles. The molecule has 1 aromatic carbocycles.